The van der Waals surface area contributed by atoms with E-state index in [0.717, 1.165) is 60.1 Å². The summed E-state index contributed by atoms with van der Waals surface area (Å²) in [6, 6.07) is 3.79. The number of aliphatic hydroxyl groups is 7. The average molecular weight is 1130 g/mol. The Kier molecular flexibility index (Phi) is 25.6. The van der Waals surface area contributed by atoms with Crippen molar-refractivity contribution in [1.82, 2.24) is 31.1 Å². The smallest absolute Gasteiger partial charge is 0.271 e. The van der Waals surface area contributed by atoms with Crippen LogP contribution in [-0.2, 0) is 33.6 Å². The minimum atomic E-state index is -2.28. The Morgan fingerprint density at radius 3 is 2.11 bits per heavy atom. The number of aliphatic hydroxyl groups excluding tert-OH is 7. The largest absolute Gasteiger partial charge is 0.508 e. The first-order valence-corrected chi connectivity index (χ1v) is 28.4. The molecule has 3 aliphatic rings. The predicted molar refractivity (Wildman–Crippen MR) is 291 cm³/mol. The normalized spacial score (nSPS) is 26.8. The second-order valence-corrected chi connectivity index (χ2v) is 22.4. The molecule has 3 heterocycles. The first kappa shape index (κ1) is 64.3. The second kappa shape index (κ2) is 31.4. The molecule has 14 N–H and O–H groups in total. The van der Waals surface area contributed by atoms with Crippen molar-refractivity contribution in [3.8, 4) is 5.75 Å². The third-order valence-electron chi connectivity index (χ3n) is 14.9. The fraction of sp³-hybridized carbons (Fsp3) is 0.636. The van der Waals surface area contributed by atoms with E-state index in [1.54, 1.807) is 30.3 Å². The molecular weight excluding hydrogens is 1040 g/mol. The molecule has 3 aliphatic heterocycles. The van der Waals surface area contributed by atoms with E-state index in [9.17, 15) is 74.4 Å². The standard InChI is InChI=1S/C55H82N8O15S/c1-4-31(2)26-32(3)14-10-7-5-6-8-13-17-43(70)57-37-28-42(69)53(79-36-15-11-9-12-16-36)61-52(76)46-41(68)23-25-62(46)55(78)44(40(67)22-24-56)59-51(75)45(48(72)47(71)33-18-20-34(65)21-19-33)60-50(74)39-27-35(66)29-63(39)54(77)38(30-64)58-49(37)73/h9,11-12,15-16,18-21,31-32,35,37,39-42,44-48,53,64-69,71-72H,4-8,10,13-14,17,22-30,56H2,1-3H3,(H,57,70)(H,59,75)(H,60,74)(H,61,76)/t31-,32+,35+,37-,39-,40+,41-,42+,44-,45-,46-,47-,48-,53+/m0/s1. The van der Waals surface area contributed by atoms with Crippen LogP contribution >= 0.6 is 11.8 Å². The monoisotopic (exact) mass is 1130 g/mol. The van der Waals surface area contributed by atoms with Gasteiger partial charge in [-0.2, -0.15) is 0 Å². The number of carbonyl (C=O) groups is 7. The van der Waals surface area contributed by atoms with Gasteiger partial charge in [-0.1, -0.05) is 108 Å². The van der Waals surface area contributed by atoms with Crippen molar-refractivity contribution in [2.24, 2.45) is 22.6 Å². The van der Waals surface area contributed by atoms with Crippen molar-refractivity contribution in [3.05, 3.63) is 60.2 Å². The lowest BCUT2D eigenvalue weighted by Gasteiger charge is -2.34. The van der Waals surface area contributed by atoms with Gasteiger partial charge >= 0.3 is 0 Å². The first-order chi connectivity index (χ1) is 37.7. The zero-order valence-electron chi connectivity index (χ0n) is 45.3. The van der Waals surface area contributed by atoms with Crippen LogP contribution in [0.3, 0.4) is 0 Å². The summed E-state index contributed by atoms with van der Waals surface area (Å²) in [5.41, 5.74) is 4.87. The SMILES string of the molecule is CC[C@H](C)C[C@H](C)CCCCCCCCC(=O)N[C@H]1C[C@@H](O)[C@@H](Sc2ccccc2)NC(=O)[C@@H]2[C@@H](O)CCN2C(=O)[C@H]([C@H](O)CCN)NC(=O)[C@H]([C@H](O)[C@@H](O)c2ccc(O)cc2)NC(=O)[C@@H]2C[C@@H](O)CN2C(=O)C(CO)=NC1=O. The van der Waals surface area contributed by atoms with Gasteiger partial charge in [0.2, 0.25) is 29.5 Å². The minimum Gasteiger partial charge on any atom is -0.508 e. The molecule has 0 aliphatic carbocycles. The molecule has 24 heteroatoms. The summed E-state index contributed by atoms with van der Waals surface area (Å²) in [5, 5.41) is 97.8. The first-order valence-electron chi connectivity index (χ1n) is 27.5. The van der Waals surface area contributed by atoms with Gasteiger partial charge in [-0.3, -0.25) is 33.6 Å². The molecule has 0 saturated carbocycles. The van der Waals surface area contributed by atoms with Crippen LogP contribution in [0.15, 0.2) is 64.5 Å². The number of nitrogens with two attached hydrogens (primary N) is 1. The molecule has 438 valence electrons. The molecule has 23 nitrogen and oxygen atoms in total. The van der Waals surface area contributed by atoms with Crippen LogP contribution in [0.2, 0.25) is 0 Å². The van der Waals surface area contributed by atoms with Gasteiger partial charge in [-0.15, -0.1) is 0 Å². The highest BCUT2D eigenvalue weighted by atomic mass is 32.2. The number of carbonyl (C=O) groups excluding carboxylic acids is 7. The third-order valence-corrected chi connectivity index (χ3v) is 16.1. The van der Waals surface area contributed by atoms with Gasteiger partial charge in [0.1, 0.15) is 59.3 Å². The van der Waals surface area contributed by atoms with Crippen LogP contribution in [0, 0.1) is 11.8 Å². The molecule has 2 fully saturated rings. The Bertz CT molecular complexity index is 2370. The zero-order valence-corrected chi connectivity index (χ0v) is 46.1. The number of amides is 7. The third kappa shape index (κ3) is 18.5. The summed E-state index contributed by atoms with van der Waals surface area (Å²) < 4.78 is 0. The maximum absolute atomic E-state index is 14.7. The highest BCUT2D eigenvalue weighted by Crippen LogP contribution is 2.29. The molecule has 14 atom stereocenters. The molecular formula is C55H82N8O15S. The molecule has 2 saturated heterocycles. The number of aromatic hydroxyl groups is 1. The van der Waals surface area contributed by atoms with Crippen LogP contribution in [0.25, 0.3) is 0 Å². The number of rotatable bonds is 22. The Morgan fingerprint density at radius 2 is 1.46 bits per heavy atom. The van der Waals surface area contributed by atoms with E-state index >= 15 is 0 Å². The van der Waals surface area contributed by atoms with Crippen LogP contribution in [0.1, 0.15) is 122 Å². The van der Waals surface area contributed by atoms with Crippen molar-refractivity contribution in [2.75, 3.05) is 26.2 Å². The fourth-order valence-electron chi connectivity index (χ4n) is 10.2. The summed E-state index contributed by atoms with van der Waals surface area (Å²) in [4.78, 5) is 107. The quantitative estimate of drug-likeness (QED) is 0.0692. The van der Waals surface area contributed by atoms with E-state index in [4.69, 9.17) is 5.73 Å². The number of benzene rings is 2. The maximum atomic E-state index is 14.7. The lowest BCUT2D eigenvalue weighted by Crippen LogP contribution is -2.64. The van der Waals surface area contributed by atoms with Crippen molar-refractivity contribution < 1.29 is 74.4 Å². The number of phenols is 1. The number of unbranched alkanes of at least 4 members (excludes halogenated alkanes) is 5. The van der Waals surface area contributed by atoms with Crippen molar-refractivity contribution >= 4 is 58.8 Å². The summed E-state index contributed by atoms with van der Waals surface area (Å²) in [7, 11) is 0. The Balaban J connectivity index is 1.52. The number of phenolic OH excluding ortho intramolecular Hbond substituents is 1. The molecule has 2 aromatic carbocycles. The molecule has 0 aromatic heterocycles. The van der Waals surface area contributed by atoms with Crippen molar-refractivity contribution in [3.63, 3.8) is 0 Å². The van der Waals surface area contributed by atoms with Gasteiger partial charge < -0.3 is 77.7 Å². The topological polar surface area (TPSA) is 374 Å². The second-order valence-electron chi connectivity index (χ2n) is 21.2. The predicted octanol–water partition coefficient (Wildman–Crippen LogP) is 0.0264. The molecule has 0 bridgehead atoms. The van der Waals surface area contributed by atoms with E-state index < -0.39 is 145 Å². The highest BCUT2D eigenvalue weighted by molar-refractivity contribution is 8.00. The van der Waals surface area contributed by atoms with Gasteiger partial charge in [-0.05, 0) is 73.9 Å². The van der Waals surface area contributed by atoms with Crippen LogP contribution in [0.4, 0.5) is 0 Å². The zero-order chi connectivity index (χ0) is 57.9. The number of thioether (sulfide) groups is 1. The molecule has 2 aromatic rings. The van der Waals surface area contributed by atoms with Gasteiger partial charge in [-0.25, -0.2) is 4.99 Å². The van der Waals surface area contributed by atoms with Crippen LogP contribution < -0.4 is 27.0 Å². The summed E-state index contributed by atoms with van der Waals surface area (Å²) >= 11 is 0.920. The van der Waals surface area contributed by atoms with Crippen molar-refractivity contribution in [2.45, 2.75) is 188 Å². The van der Waals surface area contributed by atoms with Crippen LogP contribution in [-0.4, -0.2) is 190 Å². The van der Waals surface area contributed by atoms with E-state index in [0.29, 0.717) is 29.6 Å². The Morgan fingerprint density at radius 1 is 0.797 bits per heavy atom. The van der Waals surface area contributed by atoms with E-state index in [1.165, 1.54) is 30.7 Å². The molecule has 79 heavy (non-hydrogen) atoms. The molecule has 0 unspecified atom stereocenters. The maximum Gasteiger partial charge on any atom is 0.271 e. The number of aliphatic imine (C=N–C) groups is 1. The Labute approximate surface area is 465 Å². The number of fused-ring (bicyclic) bond motifs is 2. The van der Waals surface area contributed by atoms with Gasteiger partial charge in [0.25, 0.3) is 11.8 Å². The molecule has 0 spiro atoms. The Hall–Kier alpha value is -5.57. The van der Waals surface area contributed by atoms with E-state index in [-0.39, 0.29) is 43.7 Å². The summed E-state index contributed by atoms with van der Waals surface area (Å²) in [6.45, 7) is 4.42. The van der Waals surface area contributed by atoms with Gasteiger partial charge in [0.05, 0.1) is 31.0 Å². The lowest BCUT2D eigenvalue weighted by atomic mass is 9.91. The van der Waals surface area contributed by atoms with E-state index in [1.807, 2.05) is 0 Å². The lowest BCUT2D eigenvalue weighted by molar-refractivity contribution is -0.147. The van der Waals surface area contributed by atoms with Crippen LogP contribution in [0.5, 0.6) is 5.75 Å². The minimum absolute atomic E-state index is 0.0356. The highest BCUT2D eigenvalue weighted by Gasteiger charge is 2.48. The van der Waals surface area contributed by atoms with Gasteiger partial charge in [0, 0.05) is 37.2 Å². The van der Waals surface area contributed by atoms with Gasteiger partial charge in [0.15, 0.2) is 0 Å². The van der Waals surface area contributed by atoms with E-state index in [2.05, 4.69) is 47.0 Å². The molecule has 0 radical (unpaired) electrons. The number of hydrogen-bond donors (Lipinski definition) is 13. The molecule has 5 rings (SSSR count). The van der Waals surface area contributed by atoms with Crippen molar-refractivity contribution in [1.29, 1.82) is 0 Å². The molecule has 7 amide bonds. The average Bonchev–Trinajstić information content (AvgIpc) is 4.07. The number of nitrogens with zero attached hydrogens (tertiary/aromatic N) is 3. The fourth-order valence-corrected chi connectivity index (χ4v) is 11.3. The summed E-state index contributed by atoms with van der Waals surface area (Å²) in [5.74, 6) is -6.70. The number of nitrogens with one attached hydrogen (secondary N) is 4. The number of hydrogen-bond acceptors (Lipinski definition) is 17. The summed E-state index contributed by atoms with van der Waals surface area (Å²) in [6.07, 6.45) is -3.82.